The molecule has 2 aromatic rings. The van der Waals surface area contributed by atoms with Crippen LogP contribution in [0, 0.1) is 3.57 Å². The van der Waals surface area contributed by atoms with Gasteiger partial charge in [-0.15, -0.1) is 0 Å². The topological polar surface area (TPSA) is 43.4 Å². The summed E-state index contributed by atoms with van der Waals surface area (Å²) in [6.07, 6.45) is 0. The standard InChI is InChI=1S/C12H7IO3S/c13-8-5-6-10-12(7-8)17(14,15)11-4-2-1-3-9(11)16-10/h1-7H. The van der Waals surface area contributed by atoms with E-state index in [1.807, 2.05) is 6.07 Å². The molecule has 0 atom stereocenters. The SMILES string of the molecule is O=S1(=O)c2ccccc2Oc2ccc(I)cc21. The van der Waals surface area contributed by atoms with Gasteiger partial charge in [-0.2, -0.15) is 0 Å². The third-order valence-corrected chi connectivity index (χ3v) is 5.04. The predicted molar refractivity (Wildman–Crippen MR) is 71.1 cm³/mol. The zero-order valence-electron chi connectivity index (χ0n) is 8.55. The molecule has 1 aliphatic heterocycles. The van der Waals surface area contributed by atoms with Gasteiger partial charge in [-0.25, -0.2) is 8.42 Å². The Balaban J connectivity index is 2.36. The minimum atomic E-state index is -3.45. The van der Waals surface area contributed by atoms with E-state index < -0.39 is 9.84 Å². The van der Waals surface area contributed by atoms with Crippen LogP contribution in [-0.4, -0.2) is 8.42 Å². The quantitative estimate of drug-likeness (QED) is 0.580. The maximum absolute atomic E-state index is 12.4. The zero-order valence-corrected chi connectivity index (χ0v) is 11.5. The lowest BCUT2D eigenvalue weighted by atomic mass is 10.3. The summed E-state index contributed by atoms with van der Waals surface area (Å²) >= 11 is 2.08. The van der Waals surface area contributed by atoms with Gasteiger partial charge in [0.25, 0.3) is 0 Å². The molecule has 0 saturated carbocycles. The Hall–Kier alpha value is -1.08. The molecule has 0 saturated heterocycles. The molecule has 0 amide bonds. The molecule has 0 unspecified atom stereocenters. The molecule has 0 N–H and O–H groups in total. The molecule has 17 heavy (non-hydrogen) atoms. The minimum Gasteiger partial charge on any atom is -0.455 e. The highest BCUT2D eigenvalue weighted by Crippen LogP contribution is 2.42. The summed E-state index contributed by atoms with van der Waals surface area (Å²) in [5.74, 6) is 0.783. The monoisotopic (exact) mass is 358 g/mol. The third kappa shape index (κ3) is 1.64. The van der Waals surface area contributed by atoms with Crippen LogP contribution < -0.4 is 4.74 Å². The van der Waals surface area contributed by atoms with E-state index in [9.17, 15) is 8.42 Å². The first-order valence-corrected chi connectivity index (χ1v) is 7.47. The van der Waals surface area contributed by atoms with Gasteiger partial charge in [0.1, 0.15) is 21.3 Å². The molecule has 0 fully saturated rings. The van der Waals surface area contributed by atoms with Crippen LogP contribution in [0.3, 0.4) is 0 Å². The van der Waals surface area contributed by atoms with Crippen LogP contribution in [0.15, 0.2) is 52.3 Å². The van der Waals surface area contributed by atoms with Crippen LogP contribution in [-0.2, 0) is 9.84 Å². The lowest BCUT2D eigenvalue weighted by Crippen LogP contribution is -2.10. The van der Waals surface area contributed by atoms with Gasteiger partial charge in [-0.1, -0.05) is 12.1 Å². The van der Waals surface area contributed by atoms with Gasteiger partial charge in [0.2, 0.25) is 9.84 Å². The second-order valence-corrected chi connectivity index (χ2v) is 6.78. The highest BCUT2D eigenvalue weighted by molar-refractivity contribution is 14.1. The first-order chi connectivity index (χ1) is 8.09. The Bertz CT molecular complexity index is 707. The van der Waals surface area contributed by atoms with Gasteiger partial charge < -0.3 is 4.74 Å². The Morgan fingerprint density at radius 1 is 0.941 bits per heavy atom. The van der Waals surface area contributed by atoms with Gasteiger partial charge in [-0.05, 0) is 52.9 Å². The molecule has 5 heteroatoms. The molecule has 3 nitrogen and oxygen atoms in total. The van der Waals surface area contributed by atoms with Crippen LogP contribution in [0.2, 0.25) is 0 Å². The average molecular weight is 358 g/mol. The number of hydrogen-bond acceptors (Lipinski definition) is 3. The van der Waals surface area contributed by atoms with E-state index in [0.717, 1.165) is 3.57 Å². The lowest BCUT2D eigenvalue weighted by molar-refractivity contribution is 0.443. The third-order valence-electron chi connectivity index (χ3n) is 2.55. The summed E-state index contributed by atoms with van der Waals surface area (Å²) in [5, 5.41) is 0. The number of para-hydroxylation sites is 1. The maximum atomic E-state index is 12.4. The normalized spacial score (nSPS) is 15.6. The molecular formula is C12H7IO3S. The Kier molecular flexibility index (Phi) is 2.41. The zero-order chi connectivity index (χ0) is 12.0. The van der Waals surface area contributed by atoms with E-state index in [-0.39, 0.29) is 9.79 Å². The van der Waals surface area contributed by atoms with Crippen LogP contribution in [0.5, 0.6) is 11.5 Å². The van der Waals surface area contributed by atoms with Gasteiger partial charge in [-0.3, -0.25) is 0 Å². The molecule has 86 valence electrons. The number of sulfone groups is 1. The molecule has 2 aromatic carbocycles. The number of rotatable bonds is 0. The van der Waals surface area contributed by atoms with Crippen molar-refractivity contribution in [2.24, 2.45) is 0 Å². The Morgan fingerprint density at radius 3 is 2.47 bits per heavy atom. The minimum absolute atomic E-state index is 0.231. The summed E-state index contributed by atoms with van der Waals surface area (Å²) in [6, 6.07) is 11.8. The number of halogens is 1. The molecule has 0 spiro atoms. The first kappa shape index (κ1) is 11.0. The second-order valence-electron chi connectivity index (χ2n) is 3.64. The smallest absolute Gasteiger partial charge is 0.213 e. The summed E-state index contributed by atoms with van der Waals surface area (Å²) in [4.78, 5) is 0.470. The molecule has 1 aliphatic rings. The number of hydrogen-bond donors (Lipinski definition) is 0. The number of ether oxygens (including phenoxy) is 1. The van der Waals surface area contributed by atoms with Gasteiger partial charge in [0.15, 0.2) is 0 Å². The number of benzene rings is 2. The van der Waals surface area contributed by atoms with Crippen molar-refractivity contribution in [3.05, 3.63) is 46.0 Å². The molecule has 3 rings (SSSR count). The molecule has 0 radical (unpaired) electrons. The van der Waals surface area contributed by atoms with Crippen molar-refractivity contribution in [2.45, 2.75) is 9.79 Å². The van der Waals surface area contributed by atoms with E-state index in [1.165, 1.54) is 0 Å². The van der Waals surface area contributed by atoms with Crippen LogP contribution in [0.25, 0.3) is 0 Å². The molecule has 1 heterocycles. The van der Waals surface area contributed by atoms with Gasteiger partial charge in [0, 0.05) is 3.57 Å². The van der Waals surface area contributed by atoms with Crippen molar-refractivity contribution in [3.63, 3.8) is 0 Å². The summed E-state index contributed by atoms with van der Waals surface area (Å²) in [6.45, 7) is 0. The first-order valence-electron chi connectivity index (χ1n) is 4.90. The number of fused-ring (bicyclic) bond motifs is 2. The molecule has 0 aromatic heterocycles. The van der Waals surface area contributed by atoms with Crippen molar-refractivity contribution in [1.29, 1.82) is 0 Å². The van der Waals surface area contributed by atoms with E-state index in [0.29, 0.717) is 11.5 Å². The van der Waals surface area contributed by atoms with E-state index in [2.05, 4.69) is 22.6 Å². The fourth-order valence-corrected chi connectivity index (χ4v) is 4.00. The van der Waals surface area contributed by atoms with Crippen molar-refractivity contribution in [2.75, 3.05) is 0 Å². The van der Waals surface area contributed by atoms with Crippen molar-refractivity contribution >= 4 is 32.4 Å². The van der Waals surface area contributed by atoms with Crippen molar-refractivity contribution in [1.82, 2.24) is 0 Å². The van der Waals surface area contributed by atoms with Crippen molar-refractivity contribution < 1.29 is 13.2 Å². The van der Waals surface area contributed by atoms with E-state index in [1.54, 1.807) is 36.4 Å². The largest absolute Gasteiger partial charge is 0.455 e. The summed E-state index contributed by atoms with van der Waals surface area (Å²) < 4.78 is 31.2. The highest BCUT2D eigenvalue weighted by atomic mass is 127. The highest BCUT2D eigenvalue weighted by Gasteiger charge is 2.30. The van der Waals surface area contributed by atoms with Crippen LogP contribution in [0.4, 0.5) is 0 Å². The van der Waals surface area contributed by atoms with Gasteiger partial charge >= 0.3 is 0 Å². The summed E-state index contributed by atoms with van der Waals surface area (Å²) in [5.41, 5.74) is 0. The molecule has 0 aliphatic carbocycles. The second kappa shape index (κ2) is 3.71. The Labute approximate surface area is 112 Å². The van der Waals surface area contributed by atoms with E-state index in [4.69, 9.17) is 4.74 Å². The summed E-state index contributed by atoms with van der Waals surface area (Å²) in [7, 11) is -3.45. The van der Waals surface area contributed by atoms with Gasteiger partial charge in [0.05, 0.1) is 0 Å². The van der Waals surface area contributed by atoms with Crippen LogP contribution in [0.1, 0.15) is 0 Å². The fraction of sp³-hybridized carbons (Fsp3) is 0. The van der Waals surface area contributed by atoms with E-state index >= 15 is 0 Å². The predicted octanol–water partition coefficient (Wildman–Crippen LogP) is 3.23. The molecular weight excluding hydrogens is 351 g/mol. The lowest BCUT2D eigenvalue weighted by Gasteiger charge is -2.20. The van der Waals surface area contributed by atoms with Crippen molar-refractivity contribution in [3.8, 4) is 11.5 Å². The Morgan fingerprint density at radius 2 is 1.65 bits per heavy atom. The van der Waals surface area contributed by atoms with Crippen LogP contribution >= 0.6 is 22.6 Å². The molecule has 0 bridgehead atoms. The fourth-order valence-electron chi connectivity index (χ4n) is 1.77. The average Bonchev–Trinajstić information content (AvgIpc) is 2.31. The maximum Gasteiger partial charge on any atom is 0.213 e.